The highest BCUT2D eigenvalue weighted by Gasteiger charge is 2.29. The van der Waals surface area contributed by atoms with Crippen molar-refractivity contribution >= 4 is 31.5 Å². The number of carbonyl (C=O) groups excluding carboxylic acids is 1. The highest BCUT2D eigenvalue weighted by molar-refractivity contribution is 7.90. The molecule has 0 aromatic heterocycles. The van der Waals surface area contributed by atoms with Gasteiger partial charge < -0.3 is 0 Å². The lowest BCUT2D eigenvalue weighted by Gasteiger charge is -2.19. The number of allylic oxidation sites excluding steroid dienone is 2. The molecule has 34 heavy (non-hydrogen) atoms. The van der Waals surface area contributed by atoms with Crippen molar-refractivity contribution in [2.75, 3.05) is 0 Å². The van der Waals surface area contributed by atoms with Crippen LogP contribution in [0.25, 0.3) is 0 Å². The van der Waals surface area contributed by atoms with E-state index in [1.165, 1.54) is 24.3 Å². The van der Waals surface area contributed by atoms with Gasteiger partial charge >= 0.3 is 0 Å². The van der Waals surface area contributed by atoms with Crippen LogP contribution in [0.2, 0.25) is 0 Å². The van der Waals surface area contributed by atoms with Crippen molar-refractivity contribution in [3.05, 3.63) is 106 Å². The van der Waals surface area contributed by atoms with Gasteiger partial charge in [-0.2, -0.15) is 12.8 Å². The molecule has 3 aromatic rings. The molecule has 0 bridgehead atoms. The number of benzene rings is 3. The minimum Gasteiger partial charge on any atom is -0.287 e. The second kappa shape index (κ2) is 8.66. The molecule has 0 radical (unpaired) electrons. The first kappa shape index (κ1) is 23.6. The maximum Gasteiger partial charge on any atom is 0.283 e. The third kappa shape index (κ3) is 4.44. The number of Topliss-reactive ketones (excluding diaryl/α,β-unsaturated/α-hetero) is 1. The topological polar surface area (TPSA) is 110 Å². The Morgan fingerprint density at radius 2 is 1.32 bits per heavy atom. The summed E-state index contributed by atoms with van der Waals surface area (Å²) < 4.78 is 58.5. The largest absolute Gasteiger partial charge is 0.287 e. The predicted octanol–water partition coefficient (Wildman–Crippen LogP) is 3.85. The quantitative estimate of drug-likeness (QED) is 0.579. The van der Waals surface area contributed by atoms with Crippen LogP contribution in [0.5, 0.6) is 0 Å². The van der Waals surface area contributed by atoms with Crippen LogP contribution < -0.4 is 4.72 Å². The molecule has 3 aromatic carbocycles. The monoisotopic (exact) mass is 494 g/mol. The smallest absolute Gasteiger partial charge is 0.283 e. The van der Waals surface area contributed by atoms with Gasteiger partial charge in [0.05, 0.1) is 21.2 Å². The number of hydrogen-bond acceptors (Lipinski definition) is 5. The van der Waals surface area contributed by atoms with E-state index in [4.69, 9.17) is 0 Å². The Labute approximate surface area is 199 Å². The average Bonchev–Trinajstić information content (AvgIpc) is 2.79. The second-order valence-corrected chi connectivity index (χ2v) is 11.3. The number of sulfonamides is 2. The molecule has 0 unspecified atom stereocenters. The SMILES string of the molecule is Cc1cc(C)c(S(=O)(=O)/N=C2/C=C(NS(=O)(=O)c3ccccc3)C(=O)c3ccccc32)cc1C. The molecular formula is C25H22N2O5S2. The van der Waals surface area contributed by atoms with Crippen molar-refractivity contribution in [2.24, 2.45) is 4.40 Å². The molecule has 0 spiro atoms. The maximum atomic E-state index is 13.2. The van der Waals surface area contributed by atoms with Crippen LogP contribution in [-0.2, 0) is 20.0 Å². The number of ketones is 1. The van der Waals surface area contributed by atoms with Gasteiger partial charge in [0.2, 0.25) is 5.78 Å². The van der Waals surface area contributed by atoms with E-state index in [1.807, 2.05) is 13.8 Å². The van der Waals surface area contributed by atoms with E-state index in [2.05, 4.69) is 9.12 Å². The molecule has 0 saturated carbocycles. The molecule has 0 heterocycles. The molecule has 1 N–H and O–H groups in total. The lowest BCUT2D eigenvalue weighted by molar-refractivity contribution is 0.102. The molecular weight excluding hydrogens is 472 g/mol. The Hall–Kier alpha value is -3.56. The summed E-state index contributed by atoms with van der Waals surface area (Å²) in [5, 5.41) is 0. The van der Waals surface area contributed by atoms with E-state index in [0.29, 0.717) is 11.1 Å². The summed E-state index contributed by atoms with van der Waals surface area (Å²) in [5.41, 5.74) is 2.45. The zero-order chi connectivity index (χ0) is 24.7. The van der Waals surface area contributed by atoms with Gasteiger partial charge in [-0.1, -0.05) is 48.5 Å². The number of hydrogen-bond donors (Lipinski definition) is 1. The van der Waals surface area contributed by atoms with Crippen LogP contribution in [0.1, 0.15) is 32.6 Å². The molecule has 9 heteroatoms. The van der Waals surface area contributed by atoms with Crippen molar-refractivity contribution in [1.82, 2.24) is 4.72 Å². The molecule has 0 atom stereocenters. The molecule has 7 nitrogen and oxygen atoms in total. The molecule has 0 aliphatic heterocycles. The summed E-state index contributed by atoms with van der Waals surface area (Å²) in [6.07, 6.45) is 1.17. The fourth-order valence-electron chi connectivity index (χ4n) is 3.67. The summed E-state index contributed by atoms with van der Waals surface area (Å²) in [4.78, 5) is 13.1. The Morgan fingerprint density at radius 1 is 0.735 bits per heavy atom. The molecule has 0 fully saturated rings. The van der Waals surface area contributed by atoms with Gasteiger partial charge in [0.15, 0.2) is 0 Å². The Balaban J connectivity index is 1.85. The Kier molecular flexibility index (Phi) is 6.01. The van der Waals surface area contributed by atoms with Crippen LogP contribution >= 0.6 is 0 Å². The second-order valence-electron chi connectivity index (χ2n) is 8.00. The standard InChI is InChI=1S/C25H22N2O5S2/c1-16-13-18(3)24(14-17(16)2)34(31,32)26-22-15-23(25(28)21-12-8-7-11-20(21)22)27-33(29,30)19-9-5-4-6-10-19/h4-15,27H,1-3H3/b26-22-. The molecule has 4 rings (SSSR count). The van der Waals surface area contributed by atoms with E-state index in [-0.39, 0.29) is 26.8 Å². The zero-order valence-electron chi connectivity index (χ0n) is 18.7. The highest BCUT2D eigenvalue weighted by Crippen LogP contribution is 2.26. The van der Waals surface area contributed by atoms with E-state index in [0.717, 1.165) is 11.1 Å². The summed E-state index contributed by atoms with van der Waals surface area (Å²) in [6.45, 7) is 5.39. The van der Waals surface area contributed by atoms with E-state index < -0.39 is 25.8 Å². The zero-order valence-corrected chi connectivity index (χ0v) is 20.4. The normalized spacial score (nSPS) is 15.1. The first-order valence-corrected chi connectivity index (χ1v) is 13.3. The van der Waals surface area contributed by atoms with Gasteiger partial charge in [-0.05, 0) is 61.7 Å². The number of aryl methyl sites for hydroxylation is 3. The average molecular weight is 495 g/mol. The van der Waals surface area contributed by atoms with Gasteiger partial charge in [0, 0.05) is 11.1 Å². The van der Waals surface area contributed by atoms with Crippen molar-refractivity contribution < 1.29 is 21.6 Å². The summed E-state index contributed by atoms with van der Waals surface area (Å²) in [6, 6.07) is 17.3. The Bertz CT molecular complexity index is 1590. The van der Waals surface area contributed by atoms with Gasteiger partial charge in [-0.3, -0.25) is 9.52 Å². The Morgan fingerprint density at radius 3 is 2.00 bits per heavy atom. The van der Waals surface area contributed by atoms with Gasteiger partial charge in [-0.25, -0.2) is 8.42 Å². The first-order valence-electron chi connectivity index (χ1n) is 10.4. The van der Waals surface area contributed by atoms with Gasteiger partial charge in [0.1, 0.15) is 0 Å². The number of rotatable bonds is 5. The van der Waals surface area contributed by atoms with Crippen molar-refractivity contribution in [2.45, 2.75) is 30.6 Å². The van der Waals surface area contributed by atoms with E-state index in [9.17, 15) is 21.6 Å². The van der Waals surface area contributed by atoms with Gasteiger partial charge in [-0.15, -0.1) is 0 Å². The number of carbonyl (C=O) groups is 1. The fourth-order valence-corrected chi connectivity index (χ4v) is 6.05. The van der Waals surface area contributed by atoms with Crippen LogP contribution in [0.4, 0.5) is 0 Å². The highest BCUT2D eigenvalue weighted by atomic mass is 32.2. The minimum atomic E-state index is -4.15. The van der Waals surface area contributed by atoms with Crippen molar-refractivity contribution in [3.8, 4) is 0 Å². The van der Waals surface area contributed by atoms with Crippen LogP contribution in [-0.4, -0.2) is 28.3 Å². The van der Waals surface area contributed by atoms with Crippen LogP contribution in [0.3, 0.4) is 0 Å². The third-order valence-corrected chi connectivity index (χ3v) is 8.37. The fraction of sp³-hybridized carbons (Fsp3) is 0.120. The predicted molar refractivity (Wildman–Crippen MR) is 130 cm³/mol. The summed E-state index contributed by atoms with van der Waals surface area (Å²) >= 11 is 0. The molecule has 0 saturated heterocycles. The summed E-state index contributed by atoms with van der Waals surface area (Å²) in [7, 11) is -8.23. The maximum absolute atomic E-state index is 13.2. The van der Waals surface area contributed by atoms with Crippen LogP contribution in [0.15, 0.2) is 92.7 Å². The van der Waals surface area contributed by atoms with Gasteiger partial charge in [0.25, 0.3) is 20.0 Å². The first-order chi connectivity index (χ1) is 16.0. The third-order valence-electron chi connectivity index (χ3n) is 5.56. The van der Waals surface area contributed by atoms with E-state index >= 15 is 0 Å². The number of fused-ring (bicyclic) bond motifs is 1. The molecule has 0 amide bonds. The number of nitrogens with one attached hydrogen (secondary N) is 1. The number of nitrogens with zero attached hydrogens (tertiary/aromatic N) is 1. The van der Waals surface area contributed by atoms with Crippen molar-refractivity contribution in [3.63, 3.8) is 0 Å². The van der Waals surface area contributed by atoms with Crippen molar-refractivity contribution in [1.29, 1.82) is 0 Å². The minimum absolute atomic E-state index is 0.0283. The molecule has 1 aliphatic carbocycles. The van der Waals surface area contributed by atoms with Crippen LogP contribution in [0, 0.1) is 20.8 Å². The summed E-state index contributed by atoms with van der Waals surface area (Å²) in [5.74, 6) is -0.575. The lowest BCUT2D eigenvalue weighted by atomic mass is 9.93. The van der Waals surface area contributed by atoms with E-state index in [1.54, 1.807) is 55.5 Å². The lowest BCUT2D eigenvalue weighted by Crippen LogP contribution is -2.31. The molecule has 174 valence electrons. The molecule has 1 aliphatic rings.